The Balaban J connectivity index is 1.18. The van der Waals surface area contributed by atoms with Crippen molar-refractivity contribution in [1.29, 1.82) is 0 Å². The summed E-state index contributed by atoms with van der Waals surface area (Å²) in [6.45, 7) is 2.67. The number of hydrogen-bond acceptors (Lipinski definition) is 6. The van der Waals surface area contributed by atoms with E-state index in [1.807, 2.05) is 42.5 Å². The summed E-state index contributed by atoms with van der Waals surface area (Å²) in [5, 5.41) is 1.89. The second kappa shape index (κ2) is 10.5. The Bertz CT molecular complexity index is 1410. The molecule has 0 unspecified atom stereocenters. The molecule has 0 saturated carbocycles. The lowest BCUT2D eigenvalue weighted by Crippen LogP contribution is -2.49. The first-order valence-corrected chi connectivity index (χ1v) is 15.5. The van der Waals surface area contributed by atoms with Gasteiger partial charge >= 0.3 is 0 Å². The van der Waals surface area contributed by atoms with Crippen LogP contribution < -0.4 is 4.90 Å². The van der Waals surface area contributed by atoms with Gasteiger partial charge in [-0.05, 0) is 60.7 Å². The molecule has 192 valence electrons. The summed E-state index contributed by atoms with van der Waals surface area (Å²) in [4.78, 5) is 6.50. The van der Waals surface area contributed by atoms with Crippen LogP contribution in [-0.2, 0) is 20.0 Å². The molecule has 1 atom stereocenters. The minimum absolute atomic E-state index is 0.0443. The lowest BCUT2D eigenvalue weighted by atomic mass is 10.1. The molecule has 0 N–H and O–H groups in total. The standard InChI is InChI=1S/C26H32N4O4S2/c31-35(32,29-18-16-28(17-19-29)24-11-13-27-14-12-24)20-4-8-25-7-3-15-30(25)36(33,34)26-10-9-22-5-1-2-6-23(22)21-26/h1-2,5-6,9-14,21,25H,3-4,7-8,15-20H2/t25-/m1/s1. The fourth-order valence-electron chi connectivity index (χ4n) is 5.29. The first-order chi connectivity index (χ1) is 17.3. The third-order valence-electron chi connectivity index (χ3n) is 7.25. The van der Waals surface area contributed by atoms with Gasteiger partial charge in [0.05, 0.1) is 10.6 Å². The highest BCUT2D eigenvalue weighted by Gasteiger charge is 2.35. The van der Waals surface area contributed by atoms with Gasteiger partial charge in [0.1, 0.15) is 0 Å². The Morgan fingerprint density at radius 3 is 2.31 bits per heavy atom. The molecule has 2 fully saturated rings. The summed E-state index contributed by atoms with van der Waals surface area (Å²) in [5.74, 6) is 0.0443. The van der Waals surface area contributed by atoms with Crippen LogP contribution in [0.2, 0.25) is 0 Å². The molecular weight excluding hydrogens is 496 g/mol. The predicted octanol–water partition coefficient (Wildman–Crippen LogP) is 3.32. The van der Waals surface area contributed by atoms with Gasteiger partial charge < -0.3 is 4.90 Å². The summed E-state index contributed by atoms with van der Waals surface area (Å²) >= 11 is 0. The van der Waals surface area contributed by atoms with Crippen molar-refractivity contribution >= 4 is 36.5 Å². The molecule has 1 aromatic heterocycles. The summed E-state index contributed by atoms with van der Waals surface area (Å²) in [6, 6.07) is 16.7. The normalized spacial score (nSPS) is 20.2. The molecule has 3 aromatic rings. The average molecular weight is 529 g/mol. The van der Waals surface area contributed by atoms with E-state index in [-0.39, 0.29) is 11.8 Å². The Kier molecular flexibility index (Phi) is 7.30. The third-order valence-corrected chi connectivity index (χ3v) is 11.2. The van der Waals surface area contributed by atoms with Crippen molar-refractivity contribution in [3.63, 3.8) is 0 Å². The van der Waals surface area contributed by atoms with E-state index in [1.54, 1.807) is 33.1 Å². The maximum absolute atomic E-state index is 13.4. The predicted molar refractivity (Wildman–Crippen MR) is 142 cm³/mol. The quantitative estimate of drug-likeness (QED) is 0.446. The van der Waals surface area contributed by atoms with E-state index < -0.39 is 20.0 Å². The number of fused-ring (bicyclic) bond motifs is 1. The molecule has 2 saturated heterocycles. The highest BCUT2D eigenvalue weighted by Crippen LogP contribution is 2.30. The van der Waals surface area contributed by atoms with Crippen LogP contribution in [0.1, 0.15) is 25.7 Å². The maximum Gasteiger partial charge on any atom is 0.243 e. The van der Waals surface area contributed by atoms with Crippen molar-refractivity contribution in [3.8, 4) is 0 Å². The van der Waals surface area contributed by atoms with E-state index in [1.165, 1.54) is 0 Å². The summed E-state index contributed by atoms with van der Waals surface area (Å²) in [7, 11) is -7.02. The van der Waals surface area contributed by atoms with Crippen LogP contribution in [-0.4, -0.2) is 74.9 Å². The number of sulfonamides is 2. The Morgan fingerprint density at radius 1 is 0.833 bits per heavy atom. The number of hydrogen-bond donors (Lipinski definition) is 0. The van der Waals surface area contributed by atoms with Crippen LogP contribution in [0, 0.1) is 0 Å². The van der Waals surface area contributed by atoms with Crippen molar-refractivity contribution < 1.29 is 16.8 Å². The fourth-order valence-corrected chi connectivity index (χ4v) is 8.56. The molecule has 2 aliphatic heterocycles. The van der Waals surface area contributed by atoms with E-state index in [0.717, 1.165) is 29.3 Å². The highest BCUT2D eigenvalue weighted by atomic mass is 32.2. The van der Waals surface area contributed by atoms with E-state index in [2.05, 4.69) is 9.88 Å². The number of piperazine rings is 1. The van der Waals surface area contributed by atoms with Gasteiger partial charge in [0.25, 0.3) is 0 Å². The molecule has 0 radical (unpaired) electrons. The van der Waals surface area contributed by atoms with Crippen molar-refractivity contribution in [2.45, 2.75) is 36.6 Å². The number of rotatable bonds is 8. The van der Waals surface area contributed by atoms with Crippen molar-refractivity contribution in [2.75, 3.05) is 43.4 Å². The molecule has 0 spiro atoms. The van der Waals surface area contributed by atoms with Gasteiger partial charge in [0.15, 0.2) is 0 Å². The molecule has 36 heavy (non-hydrogen) atoms. The van der Waals surface area contributed by atoms with Gasteiger partial charge in [-0.1, -0.05) is 30.3 Å². The second-order valence-electron chi connectivity index (χ2n) is 9.47. The Morgan fingerprint density at radius 2 is 1.56 bits per heavy atom. The summed E-state index contributed by atoms with van der Waals surface area (Å²) < 4.78 is 56.0. The molecule has 10 heteroatoms. The molecule has 8 nitrogen and oxygen atoms in total. The van der Waals surface area contributed by atoms with E-state index in [4.69, 9.17) is 0 Å². The first-order valence-electron chi connectivity index (χ1n) is 12.5. The SMILES string of the molecule is O=S(=O)(CCC[C@H]1CCCN1S(=O)(=O)c1ccc2ccccc2c1)N1CCN(c2ccncc2)CC1. The van der Waals surface area contributed by atoms with Gasteiger partial charge in [0, 0.05) is 56.8 Å². The third kappa shape index (κ3) is 5.27. The second-order valence-corrected chi connectivity index (χ2v) is 13.4. The van der Waals surface area contributed by atoms with Crippen molar-refractivity contribution in [3.05, 3.63) is 67.0 Å². The molecule has 0 amide bonds. The monoisotopic (exact) mass is 528 g/mol. The molecule has 0 bridgehead atoms. The number of benzene rings is 2. The van der Waals surface area contributed by atoms with Crippen LogP contribution in [0.5, 0.6) is 0 Å². The van der Waals surface area contributed by atoms with Crippen molar-refractivity contribution in [2.24, 2.45) is 0 Å². The van der Waals surface area contributed by atoms with Gasteiger partial charge in [0.2, 0.25) is 20.0 Å². The first kappa shape index (κ1) is 25.1. The number of anilines is 1. The molecule has 2 aliphatic rings. The maximum atomic E-state index is 13.4. The van der Waals surface area contributed by atoms with Crippen molar-refractivity contribution in [1.82, 2.24) is 13.6 Å². The smallest absolute Gasteiger partial charge is 0.243 e. The minimum atomic E-state index is -3.63. The molecule has 3 heterocycles. The Hall–Kier alpha value is -2.53. The highest BCUT2D eigenvalue weighted by molar-refractivity contribution is 7.89. The largest absolute Gasteiger partial charge is 0.369 e. The van der Waals surface area contributed by atoms with Crippen LogP contribution in [0.15, 0.2) is 71.9 Å². The number of pyridine rings is 1. The van der Waals surface area contributed by atoms with Gasteiger partial charge in [-0.2, -0.15) is 8.61 Å². The van der Waals surface area contributed by atoms with E-state index in [9.17, 15) is 16.8 Å². The van der Waals surface area contributed by atoms with Gasteiger partial charge in [-0.25, -0.2) is 16.8 Å². The average Bonchev–Trinajstić information content (AvgIpc) is 3.38. The zero-order valence-corrected chi connectivity index (χ0v) is 21.9. The number of aromatic nitrogens is 1. The molecule has 0 aliphatic carbocycles. The van der Waals surface area contributed by atoms with E-state index >= 15 is 0 Å². The summed E-state index contributed by atoms with van der Waals surface area (Å²) in [5.41, 5.74) is 1.05. The van der Waals surface area contributed by atoms with E-state index in [0.29, 0.717) is 50.5 Å². The van der Waals surface area contributed by atoms with Crippen LogP contribution in [0.3, 0.4) is 0 Å². The lowest BCUT2D eigenvalue weighted by Gasteiger charge is -2.35. The fraction of sp³-hybridized carbons (Fsp3) is 0.423. The topological polar surface area (TPSA) is 90.9 Å². The Labute approximate surface area is 213 Å². The summed E-state index contributed by atoms with van der Waals surface area (Å²) in [6.07, 6.45) is 6.03. The van der Waals surface area contributed by atoms with Gasteiger partial charge in [-0.3, -0.25) is 4.98 Å². The zero-order valence-electron chi connectivity index (χ0n) is 20.2. The van der Waals surface area contributed by atoms with Crippen LogP contribution in [0.4, 0.5) is 5.69 Å². The molecular formula is C26H32N4O4S2. The minimum Gasteiger partial charge on any atom is -0.369 e. The van der Waals surface area contributed by atoms with Crippen LogP contribution >= 0.6 is 0 Å². The molecule has 2 aromatic carbocycles. The van der Waals surface area contributed by atoms with Crippen LogP contribution in [0.25, 0.3) is 10.8 Å². The molecule has 5 rings (SSSR count). The van der Waals surface area contributed by atoms with Gasteiger partial charge in [-0.15, -0.1) is 0 Å². The zero-order chi connectivity index (χ0) is 25.2. The lowest BCUT2D eigenvalue weighted by molar-refractivity contribution is 0.363. The number of nitrogens with zero attached hydrogens (tertiary/aromatic N) is 4.